The van der Waals surface area contributed by atoms with E-state index in [-0.39, 0.29) is 5.91 Å². The van der Waals surface area contributed by atoms with E-state index in [9.17, 15) is 4.79 Å². The van der Waals surface area contributed by atoms with Crippen molar-refractivity contribution in [2.24, 2.45) is 0 Å². The largest absolute Gasteiger partial charge is 0.475 e. The van der Waals surface area contributed by atoms with Gasteiger partial charge in [0, 0.05) is 13.2 Å². The fourth-order valence-corrected chi connectivity index (χ4v) is 1.64. The first kappa shape index (κ1) is 13.4. The second-order valence-corrected chi connectivity index (χ2v) is 4.25. The molecule has 0 aromatic carbocycles. The summed E-state index contributed by atoms with van der Waals surface area (Å²) < 4.78 is 13.8. The van der Waals surface area contributed by atoms with Gasteiger partial charge in [0.25, 0.3) is 5.91 Å². The summed E-state index contributed by atoms with van der Waals surface area (Å²) in [6.07, 6.45) is 2.93. The number of nitrogens with one attached hydrogen (secondary N) is 1. The molecule has 0 saturated carbocycles. The molecule has 0 aliphatic rings. The van der Waals surface area contributed by atoms with Crippen LogP contribution in [0.25, 0.3) is 0 Å². The maximum atomic E-state index is 11.7. The molecule has 1 amide bonds. The number of nitrogens with zero attached hydrogens (tertiary/aromatic N) is 3. The molecule has 2 heterocycles. The third-order valence-electron chi connectivity index (χ3n) is 2.12. The lowest BCUT2D eigenvalue weighted by atomic mass is 10.4. The second kappa shape index (κ2) is 6.76. The maximum Gasteiger partial charge on any atom is 0.269 e. The van der Waals surface area contributed by atoms with E-state index in [1.165, 1.54) is 12.4 Å². The van der Waals surface area contributed by atoms with E-state index in [2.05, 4.69) is 19.9 Å². The van der Waals surface area contributed by atoms with Crippen LogP contribution in [0.1, 0.15) is 9.67 Å². The van der Waals surface area contributed by atoms with Crippen LogP contribution in [-0.2, 0) is 4.74 Å². The first-order valence-electron chi connectivity index (χ1n) is 5.46. The Balaban J connectivity index is 1.90. The van der Waals surface area contributed by atoms with Crippen molar-refractivity contribution in [2.75, 3.05) is 25.6 Å². The predicted octanol–water partition coefficient (Wildman–Crippen LogP) is 1.21. The number of anilines is 1. The summed E-state index contributed by atoms with van der Waals surface area (Å²) >= 11 is 1.03. The molecule has 0 unspecified atom stereocenters. The molecule has 2 rings (SSSR count). The number of methoxy groups -OCH3 is 1. The number of ether oxygens (including phenoxy) is 2. The minimum absolute atomic E-state index is 0.259. The zero-order chi connectivity index (χ0) is 13.5. The van der Waals surface area contributed by atoms with Crippen molar-refractivity contribution in [1.29, 1.82) is 0 Å². The van der Waals surface area contributed by atoms with Gasteiger partial charge in [-0.2, -0.15) is 0 Å². The Morgan fingerprint density at radius 3 is 2.89 bits per heavy atom. The third-order valence-corrected chi connectivity index (χ3v) is 2.78. The maximum absolute atomic E-state index is 11.7. The van der Waals surface area contributed by atoms with Crippen LogP contribution in [0.2, 0.25) is 0 Å². The van der Waals surface area contributed by atoms with Gasteiger partial charge >= 0.3 is 0 Å². The average molecular weight is 280 g/mol. The SMILES string of the molecule is COCCOc1ccc(NC(=O)c2cnns2)cn1. The highest BCUT2D eigenvalue weighted by atomic mass is 32.1. The molecule has 8 heteroatoms. The highest BCUT2D eigenvalue weighted by molar-refractivity contribution is 7.07. The van der Waals surface area contributed by atoms with E-state index < -0.39 is 0 Å². The molecule has 0 radical (unpaired) electrons. The van der Waals surface area contributed by atoms with Crippen LogP contribution in [0, 0.1) is 0 Å². The van der Waals surface area contributed by atoms with Gasteiger partial charge in [0.05, 0.1) is 24.7 Å². The average Bonchev–Trinajstić information content (AvgIpc) is 2.95. The summed E-state index contributed by atoms with van der Waals surface area (Å²) in [5, 5.41) is 6.29. The van der Waals surface area contributed by atoms with Crippen molar-refractivity contribution >= 4 is 23.1 Å². The molecule has 1 N–H and O–H groups in total. The van der Waals surface area contributed by atoms with Crippen LogP contribution in [0.4, 0.5) is 5.69 Å². The van der Waals surface area contributed by atoms with Crippen molar-refractivity contribution in [1.82, 2.24) is 14.6 Å². The van der Waals surface area contributed by atoms with E-state index >= 15 is 0 Å². The minimum Gasteiger partial charge on any atom is -0.475 e. The van der Waals surface area contributed by atoms with Crippen molar-refractivity contribution < 1.29 is 14.3 Å². The topological polar surface area (TPSA) is 86.2 Å². The number of carbonyl (C=O) groups is 1. The number of rotatable bonds is 6. The molecule has 0 saturated heterocycles. The lowest BCUT2D eigenvalue weighted by Crippen LogP contribution is -2.10. The normalized spacial score (nSPS) is 10.2. The Hall–Kier alpha value is -2.06. The third kappa shape index (κ3) is 3.97. The van der Waals surface area contributed by atoms with Gasteiger partial charge in [-0.3, -0.25) is 4.79 Å². The monoisotopic (exact) mass is 280 g/mol. The van der Waals surface area contributed by atoms with Crippen LogP contribution in [0.15, 0.2) is 24.5 Å². The number of pyridine rings is 1. The molecule has 0 bridgehead atoms. The van der Waals surface area contributed by atoms with E-state index in [0.717, 1.165) is 11.5 Å². The summed E-state index contributed by atoms with van der Waals surface area (Å²) in [5.41, 5.74) is 0.581. The van der Waals surface area contributed by atoms with Crippen molar-refractivity contribution in [3.8, 4) is 5.88 Å². The molecule has 0 fully saturated rings. The van der Waals surface area contributed by atoms with E-state index in [0.29, 0.717) is 29.7 Å². The summed E-state index contributed by atoms with van der Waals surface area (Å²) in [4.78, 5) is 16.2. The van der Waals surface area contributed by atoms with Gasteiger partial charge < -0.3 is 14.8 Å². The quantitative estimate of drug-likeness (QED) is 0.800. The predicted molar refractivity (Wildman–Crippen MR) is 69.5 cm³/mol. The molecule has 0 spiro atoms. The van der Waals surface area contributed by atoms with Crippen LogP contribution in [-0.4, -0.2) is 40.8 Å². The van der Waals surface area contributed by atoms with E-state index in [1.807, 2.05) is 0 Å². The van der Waals surface area contributed by atoms with Gasteiger partial charge in [-0.15, -0.1) is 5.10 Å². The molecule has 0 atom stereocenters. The van der Waals surface area contributed by atoms with Gasteiger partial charge in [0.2, 0.25) is 5.88 Å². The minimum atomic E-state index is -0.259. The number of hydrogen-bond donors (Lipinski definition) is 1. The van der Waals surface area contributed by atoms with Crippen molar-refractivity contribution in [3.05, 3.63) is 29.4 Å². The summed E-state index contributed by atoms with van der Waals surface area (Å²) in [5.74, 6) is 0.222. The van der Waals surface area contributed by atoms with Crippen molar-refractivity contribution in [2.45, 2.75) is 0 Å². The second-order valence-electron chi connectivity index (χ2n) is 3.46. The van der Waals surface area contributed by atoms with Crippen LogP contribution < -0.4 is 10.1 Å². The summed E-state index contributed by atoms with van der Waals surface area (Å²) in [6, 6.07) is 3.39. The first-order valence-corrected chi connectivity index (χ1v) is 6.23. The van der Waals surface area contributed by atoms with Crippen LogP contribution in [0.5, 0.6) is 5.88 Å². The number of carbonyl (C=O) groups excluding carboxylic acids is 1. The lowest BCUT2D eigenvalue weighted by Gasteiger charge is -2.06. The Morgan fingerprint density at radius 2 is 2.26 bits per heavy atom. The smallest absolute Gasteiger partial charge is 0.269 e. The molecule has 2 aromatic rings. The Morgan fingerprint density at radius 1 is 1.37 bits per heavy atom. The van der Waals surface area contributed by atoms with Gasteiger partial charge in [-0.05, 0) is 17.6 Å². The summed E-state index contributed by atoms with van der Waals surface area (Å²) in [6.45, 7) is 0.931. The standard InChI is InChI=1S/C11H12N4O3S/c1-17-4-5-18-10-3-2-8(6-12-10)14-11(16)9-7-13-15-19-9/h2-3,6-7H,4-5H2,1H3,(H,14,16). The molecule has 0 aliphatic carbocycles. The van der Waals surface area contributed by atoms with Crippen molar-refractivity contribution in [3.63, 3.8) is 0 Å². The Bertz CT molecular complexity index is 515. The zero-order valence-corrected chi connectivity index (χ0v) is 11.0. The van der Waals surface area contributed by atoms with Gasteiger partial charge in [0.15, 0.2) is 0 Å². The fraction of sp³-hybridized carbons (Fsp3) is 0.273. The molecule has 19 heavy (non-hydrogen) atoms. The highest BCUT2D eigenvalue weighted by Gasteiger charge is 2.08. The number of aromatic nitrogens is 3. The molecule has 0 aliphatic heterocycles. The van der Waals surface area contributed by atoms with Crippen LogP contribution in [0.3, 0.4) is 0 Å². The molecular formula is C11H12N4O3S. The first-order chi connectivity index (χ1) is 9.29. The number of hydrogen-bond acceptors (Lipinski definition) is 7. The van der Waals surface area contributed by atoms with Gasteiger partial charge in [-0.25, -0.2) is 4.98 Å². The Kier molecular flexibility index (Phi) is 4.76. The van der Waals surface area contributed by atoms with E-state index in [1.54, 1.807) is 19.2 Å². The Labute approximate surface area is 113 Å². The lowest BCUT2D eigenvalue weighted by molar-refractivity contribution is 0.103. The van der Waals surface area contributed by atoms with Crippen LogP contribution >= 0.6 is 11.5 Å². The molecule has 2 aromatic heterocycles. The summed E-state index contributed by atoms with van der Waals surface area (Å²) in [7, 11) is 1.60. The fourth-order valence-electron chi connectivity index (χ4n) is 1.23. The number of amides is 1. The van der Waals surface area contributed by atoms with Gasteiger partial charge in [0.1, 0.15) is 11.5 Å². The van der Waals surface area contributed by atoms with Gasteiger partial charge in [-0.1, -0.05) is 4.49 Å². The zero-order valence-electron chi connectivity index (χ0n) is 10.2. The molecular weight excluding hydrogens is 268 g/mol. The molecule has 7 nitrogen and oxygen atoms in total. The van der Waals surface area contributed by atoms with E-state index in [4.69, 9.17) is 9.47 Å². The highest BCUT2D eigenvalue weighted by Crippen LogP contribution is 2.13. The molecule has 100 valence electrons.